The van der Waals surface area contributed by atoms with Crippen molar-refractivity contribution < 1.29 is 4.74 Å². The number of ether oxygens (including phenoxy) is 1. The predicted molar refractivity (Wildman–Crippen MR) is 62.2 cm³/mol. The lowest BCUT2D eigenvalue weighted by molar-refractivity contribution is 0.228. The van der Waals surface area contributed by atoms with Gasteiger partial charge in [0.1, 0.15) is 11.9 Å². The second-order valence-electron chi connectivity index (χ2n) is 4.46. The van der Waals surface area contributed by atoms with E-state index in [0.717, 1.165) is 12.2 Å². The summed E-state index contributed by atoms with van der Waals surface area (Å²) in [7, 11) is 0. The van der Waals surface area contributed by atoms with Crippen LogP contribution in [0.1, 0.15) is 50.3 Å². The fourth-order valence-electron chi connectivity index (χ4n) is 2.00. The Morgan fingerprint density at radius 2 is 2.20 bits per heavy atom. The summed E-state index contributed by atoms with van der Waals surface area (Å²) in [6.07, 6.45) is 1.26. The van der Waals surface area contributed by atoms with Crippen LogP contribution >= 0.6 is 0 Å². The summed E-state index contributed by atoms with van der Waals surface area (Å²) in [5, 5.41) is 0. The molecule has 2 N–H and O–H groups in total. The van der Waals surface area contributed by atoms with E-state index in [-0.39, 0.29) is 12.1 Å². The number of fused-ring (bicyclic) bond motifs is 1. The molecule has 0 spiro atoms. The molecule has 0 saturated heterocycles. The normalized spacial score (nSPS) is 25.9. The molecule has 2 nitrogen and oxygen atoms in total. The van der Waals surface area contributed by atoms with E-state index in [9.17, 15) is 0 Å². The maximum Gasteiger partial charge on any atom is 0.124 e. The summed E-state index contributed by atoms with van der Waals surface area (Å²) in [6, 6.07) is 6.44. The molecule has 0 radical (unpaired) electrons. The van der Waals surface area contributed by atoms with Crippen LogP contribution in [0, 0.1) is 0 Å². The molecule has 0 aliphatic carbocycles. The molecule has 3 atom stereocenters. The highest BCUT2D eigenvalue weighted by Gasteiger charge is 2.28. The third-order valence-corrected chi connectivity index (χ3v) is 3.39. The van der Waals surface area contributed by atoms with E-state index in [1.165, 1.54) is 11.1 Å². The van der Waals surface area contributed by atoms with Crippen LogP contribution in [-0.4, -0.2) is 6.10 Å². The summed E-state index contributed by atoms with van der Waals surface area (Å²) >= 11 is 0. The smallest absolute Gasteiger partial charge is 0.124 e. The lowest BCUT2D eigenvalue weighted by Gasteiger charge is -2.11. The van der Waals surface area contributed by atoms with Crippen molar-refractivity contribution in [3.8, 4) is 5.75 Å². The van der Waals surface area contributed by atoms with E-state index in [1.54, 1.807) is 0 Å². The van der Waals surface area contributed by atoms with Gasteiger partial charge in [-0.1, -0.05) is 26.0 Å². The second-order valence-corrected chi connectivity index (χ2v) is 4.46. The van der Waals surface area contributed by atoms with Gasteiger partial charge in [-0.05, 0) is 30.9 Å². The molecular formula is C13H19NO. The maximum atomic E-state index is 6.08. The van der Waals surface area contributed by atoms with E-state index in [4.69, 9.17) is 10.5 Å². The number of hydrogen-bond acceptors (Lipinski definition) is 2. The minimum atomic E-state index is 0.0315. The van der Waals surface area contributed by atoms with Gasteiger partial charge in [-0.15, -0.1) is 0 Å². The molecule has 1 aliphatic rings. The minimum Gasteiger partial charge on any atom is -0.488 e. The van der Waals surface area contributed by atoms with Gasteiger partial charge in [-0.3, -0.25) is 0 Å². The molecular weight excluding hydrogens is 186 g/mol. The van der Waals surface area contributed by atoms with Crippen molar-refractivity contribution >= 4 is 0 Å². The molecule has 1 heterocycles. The Labute approximate surface area is 91.4 Å². The number of nitrogens with two attached hydrogens (primary N) is 1. The third-order valence-electron chi connectivity index (χ3n) is 3.39. The third kappa shape index (κ3) is 1.74. The first-order valence-electron chi connectivity index (χ1n) is 5.69. The zero-order chi connectivity index (χ0) is 11.0. The summed E-state index contributed by atoms with van der Waals surface area (Å²) in [4.78, 5) is 0. The highest BCUT2D eigenvalue weighted by Crippen LogP contribution is 2.37. The van der Waals surface area contributed by atoms with Gasteiger partial charge in [-0.25, -0.2) is 0 Å². The van der Waals surface area contributed by atoms with Crippen LogP contribution in [0.5, 0.6) is 5.75 Å². The van der Waals surface area contributed by atoms with Crippen LogP contribution in [0.25, 0.3) is 0 Å². The molecule has 1 aromatic rings. The Morgan fingerprint density at radius 3 is 2.87 bits per heavy atom. The maximum absolute atomic E-state index is 6.08. The molecule has 0 saturated carbocycles. The van der Waals surface area contributed by atoms with E-state index in [0.29, 0.717) is 5.92 Å². The average molecular weight is 205 g/mol. The van der Waals surface area contributed by atoms with Gasteiger partial charge >= 0.3 is 0 Å². The van der Waals surface area contributed by atoms with E-state index < -0.39 is 0 Å². The molecule has 0 fully saturated rings. The standard InChI is InChI=1S/C13H19NO/c1-4-8(2)10-5-6-12-11(7-10)13(14)9(3)15-12/h5-9,13H,4,14H2,1-3H3. The van der Waals surface area contributed by atoms with Crippen LogP contribution < -0.4 is 10.5 Å². The molecule has 1 aliphatic heterocycles. The Kier molecular flexibility index (Phi) is 2.70. The van der Waals surface area contributed by atoms with Crippen molar-refractivity contribution in [3.05, 3.63) is 29.3 Å². The molecule has 2 rings (SSSR count). The molecule has 82 valence electrons. The average Bonchev–Trinajstić information content (AvgIpc) is 2.54. The predicted octanol–water partition coefficient (Wildman–Crippen LogP) is 2.98. The Balaban J connectivity index is 2.35. The van der Waals surface area contributed by atoms with Crippen LogP contribution in [0.4, 0.5) is 0 Å². The monoisotopic (exact) mass is 205 g/mol. The topological polar surface area (TPSA) is 35.2 Å². The zero-order valence-electron chi connectivity index (χ0n) is 9.66. The van der Waals surface area contributed by atoms with Gasteiger partial charge in [0.05, 0.1) is 6.04 Å². The molecule has 1 aromatic carbocycles. The highest BCUT2D eigenvalue weighted by molar-refractivity contribution is 5.43. The lowest BCUT2D eigenvalue weighted by atomic mass is 9.94. The fourth-order valence-corrected chi connectivity index (χ4v) is 2.00. The quantitative estimate of drug-likeness (QED) is 0.805. The fraction of sp³-hybridized carbons (Fsp3) is 0.538. The van der Waals surface area contributed by atoms with Crippen molar-refractivity contribution in [2.45, 2.75) is 45.3 Å². The first-order chi connectivity index (χ1) is 7.13. The van der Waals surface area contributed by atoms with Crippen molar-refractivity contribution in [3.63, 3.8) is 0 Å². The first kappa shape index (κ1) is 10.5. The van der Waals surface area contributed by atoms with E-state index in [1.807, 2.05) is 6.92 Å². The number of benzene rings is 1. The van der Waals surface area contributed by atoms with Gasteiger partial charge in [-0.2, -0.15) is 0 Å². The first-order valence-corrected chi connectivity index (χ1v) is 5.69. The molecule has 2 heteroatoms. The van der Waals surface area contributed by atoms with Crippen LogP contribution in [0.3, 0.4) is 0 Å². The molecule has 0 bridgehead atoms. The Hall–Kier alpha value is -1.02. The van der Waals surface area contributed by atoms with Crippen molar-refractivity contribution in [1.82, 2.24) is 0 Å². The number of hydrogen-bond donors (Lipinski definition) is 1. The highest BCUT2D eigenvalue weighted by atomic mass is 16.5. The van der Waals surface area contributed by atoms with Gasteiger partial charge < -0.3 is 10.5 Å². The zero-order valence-corrected chi connectivity index (χ0v) is 9.66. The summed E-state index contributed by atoms with van der Waals surface area (Å²) < 4.78 is 5.66. The van der Waals surface area contributed by atoms with Gasteiger partial charge in [0.25, 0.3) is 0 Å². The van der Waals surface area contributed by atoms with Crippen LogP contribution in [0.15, 0.2) is 18.2 Å². The second kappa shape index (κ2) is 3.86. The number of rotatable bonds is 2. The molecule has 0 amide bonds. The lowest BCUT2D eigenvalue weighted by Crippen LogP contribution is -2.21. The summed E-state index contributed by atoms with van der Waals surface area (Å²) in [6.45, 7) is 6.47. The van der Waals surface area contributed by atoms with E-state index >= 15 is 0 Å². The van der Waals surface area contributed by atoms with Crippen molar-refractivity contribution in [1.29, 1.82) is 0 Å². The Morgan fingerprint density at radius 1 is 1.47 bits per heavy atom. The van der Waals surface area contributed by atoms with Gasteiger partial charge in [0.2, 0.25) is 0 Å². The van der Waals surface area contributed by atoms with Gasteiger partial charge in [0.15, 0.2) is 0 Å². The largest absolute Gasteiger partial charge is 0.488 e. The van der Waals surface area contributed by atoms with Crippen molar-refractivity contribution in [2.75, 3.05) is 0 Å². The minimum absolute atomic E-state index is 0.0315. The van der Waals surface area contributed by atoms with Crippen LogP contribution in [0.2, 0.25) is 0 Å². The van der Waals surface area contributed by atoms with Crippen LogP contribution in [-0.2, 0) is 0 Å². The van der Waals surface area contributed by atoms with Crippen molar-refractivity contribution in [2.24, 2.45) is 5.73 Å². The summed E-state index contributed by atoms with van der Waals surface area (Å²) in [5.74, 6) is 1.56. The van der Waals surface area contributed by atoms with Gasteiger partial charge in [0, 0.05) is 5.56 Å². The molecule has 15 heavy (non-hydrogen) atoms. The SMILES string of the molecule is CCC(C)c1ccc2c(c1)C(N)C(C)O2. The summed E-state index contributed by atoms with van der Waals surface area (Å²) in [5.41, 5.74) is 8.61. The molecule has 3 unspecified atom stereocenters. The Bertz CT molecular complexity index is 362. The van der Waals surface area contributed by atoms with E-state index in [2.05, 4.69) is 32.0 Å². The molecule has 0 aromatic heterocycles.